The monoisotopic (exact) mass is 403 g/mol. The van der Waals surface area contributed by atoms with Crippen molar-refractivity contribution in [3.05, 3.63) is 50.9 Å². The van der Waals surface area contributed by atoms with Gasteiger partial charge in [0.2, 0.25) is 0 Å². The molecular weight excluding hydrogens is 378 g/mol. The van der Waals surface area contributed by atoms with Gasteiger partial charge in [-0.3, -0.25) is 24.1 Å². The Morgan fingerprint density at radius 3 is 2.66 bits per heavy atom. The molecule has 0 spiro atoms. The average molecular weight is 403 g/mol. The molecule has 0 bridgehead atoms. The summed E-state index contributed by atoms with van der Waals surface area (Å²) in [4.78, 5) is 56.5. The molecule has 0 aliphatic rings. The van der Waals surface area contributed by atoms with E-state index in [1.165, 1.54) is 27.9 Å². The second-order valence-electron chi connectivity index (χ2n) is 6.36. The van der Waals surface area contributed by atoms with Crippen LogP contribution in [0.25, 0.3) is 0 Å². The molecule has 10 heteroatoms. The molecule has 0 fully saturated rings. The number of hydrogen-bond acceptors (Lipinski definition) is 7. The maximum absolute atomic E-state index is 12.8. The van der Waals surface area contributed by atoms with Crippen LogP contribution in [0.2, 0.25) is 0 Å². The zero-order chi connectivity index (χ0) is 21.4. The fourth-order valence-corrected chi connectivity index (χ4v) is 2.73. The number of H-pyrrole nitrogens is 1. The van der Waals surface area contributed by atoms with Gasteiger partial charge in [-0.1, -0.05) is 20.3 Å². The molecule has 2 heterocycles. The van der Waals surface area contributed by atoms with Crippen LogP contribution in [0.1, 0.15) is 43.5 Å². The van der Waals surface area contributed by atoms with E-state index >= 15 is 0 Å². The summed E-state index contributed by atoms with van der Waals surface area (Å²) in [5.74, 6) is -1.42. The number of unbranched alkanes of at least 4 members (excludes halogenated alkanes) is 1. The second-order valence-corrected chi connectivity index (χ2v) is 6.36. The van der Waals surface area contributed by atoms with Crippen LogP contribution in [0.5, 0.6) is 0 Å². The number of rotatable bonds is 9. The molecule has 156 valence electrons. The molecule has 2 aromatic heterocycles. The molecule has 0 atom stereocenters. The number of ether oxygens (including phenoxy) is 1. The lowest BCUT2D eigenvalue weighted by molar-refractivity contribution is -0.121. The number of aromatic amines is 1. The van der Waals surface area contributed by atoms with Gasteiger partial charge in [0.1, 0.15) is 5.82 Å². The molecule has 1 amide bonds. The summed E-state index contributed by atoms with van der Waals surface area (Å²) in [6, 6.07) is 3.08. The first-order valence-corrected chi connectivity index (χ1v) is 9.40. The molecular formula is C19H25N5O5. The average Bonchev–Trinajstić information content (AvgIpc) is 2.71. The van der Waals surface area contributed by atoms with Gasteiger partial charge in [-0.05, 0) is 25.0 Å². The Hall–Kier alpha value is -3.43. The van der Waals surface area contributed by atoms with Gasteiger partial charge in [0.05, 0.1) is 5.56 Å². The highest BCUT2D eigenvalue weighted by atomic mass is 16.5. The summed E-state index contributed by atoms with van der Waals surface area (Å²) in [6.07, 6.45) is 4.79. The molecule has 0 unspecified atom stereocenters. The minimum atomic E-state index is -0.761. The van der Waals surface area contributed by atoms with Gasteiger partial charge >= 0.3 is 11.7 Å². The van der Waals surface area contributed by atoms with Crippen LogP contribution >= 0.6 is 0 Å². The third-order valence-corrected chi connectivity index (χ3v) is 4.19. The van der Waals surface area contributed by atoms with E-state index < -0.39 is 29.7 Å². The minimum Gasteiger partial charge on any atom is -0.452 e. The Labute approximate surface area is 167 Å². The van der Waals surface area contributed by atoms with Gasteiger partial charge in [0, 0.05) is 25.5 Å². The number of nitrogens with one attached hydrogen (secondary N) is 1. The number of amides is 1. The number of hydrogen-bond donors (Lipinski definition) is 2. The minimum absolute atomic E-state index is 0.0939. The molecule has 0 radical (unpaired) electrons. The Morgan fingerprint density at radius 1 is 1.28 bits per heavy atom. The zero-order valence-corrected chi connectivity index (χ0v) is 16.5. The number of nitrogens with two attached hydrogens (primary N) is 1. The first-order valence-electron chi connectivity index (χ1n) is 9.40. The van der Waals surface area contributed by atoms with Gasteiger partial charge in [-0.15, -0.1) is 0 Å². The molecule has 3 N–H and O–H groups in total. The van der Waals surface area contributed by atoms with Crippen LogP contribution in [-0.4, -0.2) is 39.6 Å². The predicted octanol–water partition coefficient (Wildman–Crippen LogP) is 0.914. The second kappa shape index (κ2) is 10.2. The maximum atomic E-state index is 12.8. The lowest BCUT2D eigenvalue weighted by Crippen LogP contribution is -2.43. The van der Waals surface area contributed by atoms with Gasteiger partial charge in [0.15, 0.2) is 12.3 Å². The number of carbonyl (C=O) groups is 2. The van der Waals surface area contributed by atoms with Gasteiger partial charge in [0.25, 0.3) is 11.5 Å². The molecule has 0 saturated heterocycles. The largest absolute Gasteiger partial charge is 0.452 e. The number of esters is 1. The Bertz CT molecular complexity index is 967. The lowest BCUT2D eigenvalue weighted by atomic mass is 10.2. The summed E-state index contributed by atoms with van der Waals surface area (Å²) in [7, 11) is 0. The molecule has 2 rings (SSSR count). The molecule has 0 aliphatic carbocycles. The lowest BCUT2D eigenvalue weighted by Gasteiger charge is -2.24. The van der Waals surface area contributed by atoms with Crippen molar-refractivity contribution in [2.45, 2.75) is 39.7 Å². The first kappa shape index (κ1) is 21.9. The third-order valence-electron chi connectivity index (χ3n) is 4.19. The summed E-state index contributed by atoms with van der Waals surface area (Å²) < 4.78 is 6.27. The molecule has 29 heavy (non-hydrogen) atoms. The zero-order valence-electron chi connectivity index (χ0n) is 16.5. The summed E-state index contributed by atoms with van der Waals surface area (Å²) in [6.45, 7) is 3.69. The molecule has 0 aliphatic heterocycles. The van der Waals surface area contributed by atoms with Crippen LogP contribution in [0.4, 0.5) is 11.5 Å². The highest BCUT2D eigenvalue weighted by molar-refractivity contribution is 5.98. The number of carbonyl (C=O) groups excluding carboxylic acids is 2. The van der Waals surface area contributed by atoms with E-state index in [0.29, 0.717) is 19.4 Å². The topological polar surface area (TPSA) is 140 Å². The first-order chi connectivity index (χ1) is 13.9. The van der Waals surface area contributed by atoms with E-state index in [2.05, 4.69) is 9.97 Å². The number of anilines is 2. The molecule has 0 saturated carbocycles. The van der Waals surface area contributed by atoms with Crippen molar-refractivity contribution >= 4 is 23.4 Å². The smallest absolute Gasteiger partial charge is 0.340 e. The van der Waals surface area contributed by atoms with E-state index in [1.807, 2.05) is 13.8 Å². The van der Waals surface area contributed by atoms with Crippen molar-refractivity contribution in [2.75, 3.05) is 23.8 Å². The van der Waals surface area contributed by atoms with Crippen molar-refractivity contribution in [2.24, 2.45) is 0 Å². The Balaban J connectivity index is 2.30. The fraction of sp³-hybridized carbons (Fsp3) is 0.421. The molecule has 2 aromatic rings. The number of nitrogens with zero attached hydrogens (tertiary/aromatic N) is 3. The van der Waals surface area contributed by atoms with Crippen molar-refractivity contribution in [1.29, 1.82) is 0 Å². The van der Waals surface area contributed by atoms with E-state index in [1.54, 1.807) is 6.07 Å². The molecule has 0 aromatic carbocycles. The van der Waals surface area contributed by atoms with E-state index in [-0.39, 0.29) is 23.6 Å². The number of nitrogen functional groups attached to an aromatic ring is 1. The van der Waals surface area contributed by atoms with Crippen LogP contribution in [0.3, 0.4) is 0 Å². The van der Waals surface area contributed by atoms with Gasteiger partial charge < -0.3 is 15.4 Å². The van der Waals surface area contributed by atoms with E-state index in [9.17, 15) is 19.2 Å². The number of pyridine rings is 1. The third kappa shape index (κ3) is 5.31. The summed E-state index contributed by atoms with van der Waals surface area (Å²) in [5.41, 5.74) is 4.75. The standard InChI is InChI=1S/C19H25N5O5/c1-3-5-10-23(14(25)12-29-18(27)13-7-6-8-21-11-13)15-16(20)24(9-4-2)19(28)22-17(15)26/h6-8,11H,3-5,9-10,12,20H2,1-2H3,(H,22,26,28). The van der Waals surface area contributed by atoms with E-state index in [0.717, 1.165) is 6.42 Å². The highest BCUT2D eigenvalue weighted by Gasteiger charge is 2.25. The van der Waals surface area contributed by atoms with Crippen LogP contribution in [-0.2, 0) is 16.1 Å². The van der Waals surface area contributed by atoms with Gasteiger partial charge in [-0.2, -0.15) is 0 Å². The predicted molar refractivity (Wildman–Crippen MR) is 108 cm³/mol. The van der Waals surface area contributed by atoms with Crippen LogP contribution in [0.15, 0.2) is 34.1 Å². The Kier molecular flexibility index (Phi) is 7.70. The van der Waals surface area contributed by atoms with Crippen molar-refractivity contribution in [3.8, 4) is 0 Å². The normalized spacial score (nSPS) is 10.6. The maximum Gasteiger partial charge on any atom is 0.340 e. The quantitative estimate of drug-likeness (QED) is 0.593. The Morgan fingerprint density at radius 2 is 2.03 bits per heavy atom. The summed E-state index contributed by atoms with van der Waals surface area (Å²) in [5, 5.41) is 0. The van der Waals surface area contributed by atoms with Crippen molar-refractivity contribution in [1.82, 2.24) is 14.5 Å². The molecule has 10 nitrogen and oxygen atoms in total. The van der Waals surface area contributed by atoms with Crippen molar-refractivity contribution in [3.63, 3.8) is 0 Å². The van der Waals surface area contributed by atoms with Crippen LogP contribution in [0, 0.1) is 0 Å². The highest BCUT2D eigenvalue weighted by Crippen LogP contribution is 2.18. The van der Waals surface area contributed by atoms with Gasteiger partial charge in [-0.25, -0.2) is 9.59 Å². The van der Waals surface area contributed by atoms with Crippen molar-refractivity contribution < 1.29 is 14.3 Å². The SMILES string of the molecule is CCCCN(C(=O)COC(=O)c1cccnc1)c1c(N)n(CCC)c(=O)[nH]c1=O. The fourth-order valence-electron chi connectivity index (χ4n) is 2.73. The summed E-state index contributed by atoms with van der Waals surface area (Å²) >= 11 is 0. The number of aromatic nitrogens is 3. The van der Waals surface area contributed by atoms with Crippen LogP contribution < -0.4 is 21.9 Å². The van der Waals surface area contributed by atoms with E-state index in [4.69, 9.17) is 10.5 Å².